The second-order valence-corrected chi connectivity index (χ2v) is 4.98. The molecule has 1 heterocycles. The van der Waals surface area contributed by atoms with Crippen LogP contribution < -0.4 is 0 Å². The molecule has 0 amide bonds. The van der Waals surface area contributed by atoms with Gasteiger partial charge in [-0.3, -0.25) is 4.79 Å². The summed E-state index contributed by atoms with van der Waals surface area (Å²) in [6, 6.07) is 0. The molecule has 0 bridgehead atoms. The first-order chi connectivity index (χ1) is 5.99. The van der Waals surface area contributed by atoms with Crippen LogP contribution in [0.4, 0.5) is 0 Å². The van der Waals surface area contributed by atoms with E-state index in [1.54, 1.807) is 0 Å². The van der Waals surface area contributed by atoms with Crippen LogP contribution in [0.5, 0.6) is 0 Å². The smallest absolute Gasteiger partial charge is 0.313 e. The first kappa shape index (κ1) is 10.9. The van der Waals surface area contributed by atoms with Gasteiger partial charge in [-0.15, -0.1) is 11.8 Å². The van der Waals surface area contributed by atoms with Gasteiger partial charge in [0.1, 0.15) is 0 Å². The normalized spacial score (nSPS) is 26.2. The number of ether oxygens (including phenoxy) is 1. The zero-order chi connectivity index (χ0) is 9.90. The molecule has 3 nitrogen and oxygen atoms in total. The summed E-state index contributed by atoms with van der Waals surface area (Å²) in [7, 11) is 0. The minimum absolute atomic E-state index is 0.00551. The molecule has 0 aromatic carbocycles. The molecule has 1 rings (SSSR count). The number of rotatable bonds is 4. The van der Waals surface area contributed by atoms with E-state index in [2.05, 4.69) is 13.8 Å². The van der Waals surface area contributed by atoms with Crippen LogP contribution in [0.1, 0.15) is 26.7 Å². The molecule has 0 radical (unpaired) electrons. The zero-order valence-corrected chi connectivity index (χ0v) is 8.89. The highest BCUT2D eigenvalue weighted by molar-refractivity contribution is 7.99. The van der Waals surface area contributed by atoms with Crippen LogP contribution in [0.25, 0.3) is 0 Å². The van der Waals surface area contributed by atoms with E-state index in [0.29, 0.717) is 0 Å². The number of hydrogen-bond donors (Lipinski definition) is 1. The van der Waals surface area contributed by atoms with Crippen molar-refractivity contribution in [3.63, 3.8) is 0 Å². The molecule has 1 N–H and O–H groups in total. The summed E-state index contributed by atoms with van der Waals surface area (Å²) in [5.74, 6) is 0.234. The Balaban J connectivity index is 2.14. The van der Waals surface area contributed by atoms with Crippen LogP contribution in [-0.4, -0.2) is 34.3 Å². The van der Waals surface area contributed by atoms with Crippen molar-refractivity contribution in [2.24, 2.45) is 0 Å². The highest BCUT2D eigenvalue weighted by Gasteiger charge is 2.31. The van der Waals surface area contributed by atoms with Crippen LogP contribution >= 0.6 is 11.8 Å². The van der Waals surface area contributed by atoms with Crippen molar-refractivity contribution >= 4 is 17.7 Å². The molecular formula is C9H16O3S. The molecular weight excluding hydrogens is 188 g/mol. The molecule has 1 saturated heterocycles. The minimum Gasteiger partial charge on any atom is -0.481 e. The van der Waals surface area contributed by atoms with Crippen molar-refractivity contribution in [1.82, 2.24) is 0 Å². The summed E-state index contributed by atoms with van der Waals surface area (Å²) in [6.07, 6.45) is 2.38. The van der Waals surface area contributed by atoms with Crippen LogP contribution in [0, 0.1) is 0 Å². The minimum atomic E-state index is -0.748. The van der Waals surface area contributed by atoms with E-state index < -0.39 is 5.97 Å². The topological polar surface area (TPSA) is 46.5 Å². The maximum atomic E-state index is 10.2. The maximum absolute atomic E-state index is 10.2. The van der Waals surface area contributed by atoms with Crippen molar-refractivity contribution in [2.45, 2.75) is 38.4 Å². The van der Waals surface area contributed by atoms with E-state index in [-0.39, 0.29) is 17.5 Å². The van der Waals surface area contributed by atoms with Crippen molar-refractivity contribution in [1.29, 1.82) is 0 Å². The van der Waals surface area contributed by atoms with Gasteiger partial charge in [-0.2, -0.15) is 0 Å². The second-order valence-electron chi connectivity index (χ2n) is 3.95. The van der Waals surface area contributed by atoms with E-state index in [9.17, 15) is 4.79 Å². The molecule has 1 fully saturated rings. The monoisotopic (exact) mass is 204 g/mol. The third kappa shape index (κ3) is 4.00. The molecule has 0 aromatic rings. The van der Waals surface area contributed by atoms with Crippen LogP contribution in [0.3, 0.4) is 0 Å². The lowest BCUT2D eigenvalue weighted by Gasteiger charge is -2.18. The third-order valence-corrected chi connectivity index (χ3v) is 3.14. The molecule has 1 atom stereocenters. The lowest BCUT2D eigenvalue weighted by molar-refractivity contribution is -0.133. The highest BCUT2D eigenvalue weighted by atomic mass is 32.2. The maximum Gasteiger partial charge on any atom is 0.313 e. The summed E-state index contributed by atoms with van der Waals surface area (Å²) in [6.45, 7) is 4.16. The average molecular weight is 204 g/mol. The van der Waals surface area contributed by atoms with Crippen molar-refractivity contribution in [3.8, 4) is 0 Å². The van der Waals surface area contributed by atoms with Gasteiger partial charge in [0.2, 0.25) is 0 Å². The predicted molar refractivity (Wildman–Crippen MR) is 53.1 cm³/mol. The summed E-state index contributed by atoms with van der Waals surface area (Å²) in [5, 5.41) is 8.43. The number of hydrogen-bond acceptors (Lipinski definition) is 3. The van der Waals surface area contributed by atoms with Gasteiger partial charge in [0, 0.05) is 5.75 Å². The van der Waals surface area contributed by atoms with E-state index >= 15 is 0 Å². The van der Waals surface area contributed by atoms with Crippen molar-refractivity contribution < 1.29 is 14.6 Å². The molecule has 13 heavy (non-hydrogen) atoms. The molecule has 1 unspecified atom stereocenters. The number of aliphatic carboxylic acids is 1. The zero-order valence-electron chi connectivity index (χ0n) is 8.08. The number of carbonyl (C=O) groups is 1. The van der Waals surface area contributed by atoms with E-state index in [4.69, 9.17) is 9.84 Å². The number of carboxylic acid groups (broad SMARTS) is 1. The summed E-state index contributed by atoms with van der Waals surface area (Å²) in [5.41, 5.74) is -0.00551. The Hall–Kier alpha value is -0.220. The van der Waals surface area contributed by atoms with Gasteiger partial charge in [-0.1, -0.05) is 0 Å². The summed E-state index contributed by atoms with van der Waals surface area (Å²) < 4.78 is 5.72. The van der Waals surface area contributed by atoms with Crippen LogP contribution in [0.15, 0.2) is 0 Å². The van der Waals surface area contributed by atoms with Gasteiger partial charge in [0.15, 0.2) is 0 Å². The molecule has 1 aliphatic rings. The summed E-state index contributed by atoms with van der Waals surface area (Å²) in [4.78, 5) is 10.2. The first-order valence-electron chi connectivity index (χ1n) is 4.47. The third-order valence-electron chi connectivity index (χ3n) is 2.08. The van der Waals surface area contributed by atoms with E-state index in [0.717, 1.165) is 18.6 Å². The van der Waals surface area contributed by atoms with Gasteiger partial charge in [-0.25, -0.2) is 0 Å². The fourth-order valence-corrected chi connectivity index (χ4v) is 2.26. The predicted octanol–water partition coefficient (Wildman–Crippen LogP) is 1.76. The number of thioether (sulfide) groups is 1. The molecule has 0 aromatic heterocycles. The Bertz CT molecular complexity index is 191. The van der Waals surface area contributed by atoms with E-state index in [1.807, 2.05) is 0 Å². The summed E-state index contributed by atoms with van der Waals surface area (Å²) >= 11 is 1.43. The van der Waals surface area contributed by atoms with Crippen molar-refractivity contribution in [3.05, 3.63) is 0 Å². The van der Waals surface area contributed by atoms with E-state index in [1.165, 1.54) is 11.8 Å². The van der Waals surface area contributed by atoms with Crippen LogP contribution in [-0.2, 0) is 9.53 Å². The van der Waals surface area contributed by atoms with Gasteiger partial charge in [0.25, 0.3) is 0 Å². The van der Waals surface area contributed by atoms with Gasteiger partial charge in [-0.05, 0) is 26.7 Å². The Morgan fingerprint density at radius 1 is 1.69 bits per heavy atom. The molecule has 0 saturated carbocycles. The Morgan fingerprint density at radius 2 is 2.38 bits per heavy atom. The highest BCUT2D eigenvalue weighted by Crippen LogP contribution is 2.30. The lowest BCUT2D eigenvalue weighted by atomic mass is 10.1. The SMILES string of the molecule is CC1(C)CCC(CSCC(=O)O)O1. The Labute approximate surface area is 82.8 Å². The largest absolute Gasteiger partial charge is 0.481 e. The quantitative estimate of drug-likeness (QED) is 0.758. The van der Waals surface area contributed by atoms with Gasteiger partial charge >= 0.3 is 5.97 Å². The van der Waals surface area contributed by atoms with Gasteiger partial charge < -0.3 is 9.84 Å². The van der Waals surface area contributed by atoms with Crippen molar-refractivity contribution in [2.75, 3.05) is 11.5 Å². The fourth-order valence-electron chi connectivity index (χ4n) is 1.47. The molecule has 76 valence electrons. The number of carboxylic acids is 1. The Morgan fingerprint density at radius 3 is 2.85 bits per heavy atom. The lowest BCUT2D eigenvalue weighted by Crippen LogP contribution is -2.21. The molecule has 4 heteroatoms. The molecule has 1 aliphatic heterocycles. The average Bonchev–Trinajstić information content (AvgIpc) is 2.29. The Kier molecular flexibility index (Phi) is 3.62. The molecule has 0 aliphatic carbocycles. The standard InChI is InChI=1S/C9H16O3S/c1-9(2)4-3-7(12-9)5-13-6-8(10)11/h7H,3-6H2,1-2H3,(H,10,11). The first-order valence-corrected chi connectivity index (χ1v) is 5.62. The second kappa shape index (κ2) is 4.33. The van der Waals surface area contributed by atoms with Crippen LogP contribution in [0.2, 0.25) is 0 Å². The van der Waals surface area contributed by atoms with Gasteiger partial charge in [0.05, 0.1) is 17.5 Å². The fraction of sp³-hybridized carbons (Fsp3) is 0.889. The molecule has 0 spiro atoms.